The van der Waals surface area contributed by atoms with Crippen molar-refractivity contribution in [2.24, 2.45) is 5.92 Å². The van der Waals surface area contributed by atoms with E-state index in [0.717, 1.165) is 16.0 Å². The van der Waals surface area contributed by atoms with E-state index in [0.29, 0.717) is 12.0 Å². The smallest absolute Gasteiger partial charge is 0.0551 e. The Bertz CT molecular complexity index is 554. The molecule has 0 radical (unpaired) electrons. The number of hydrogen-bond acceptors (Lipinski definition) is 1. The maximum Gasteiger partial charge on any atom is 0.0551 e. The van der Waals surface area contributed by atoms with Gasteiger partial charge < -0.3 is 5.32 Å². The van der Waals surface area contributed by atoms with E-state index in [2.05, 4.69) is 71.5 Å². The quantitative estimate of drug-likeness (QED) is 0.739. The van der Waals surface area contributed by atoms with Crippen LogP contribution in [0.4, 0.5) is 0 Å². The third-order valence-corrected chi connectivity index (χ3v) is 4.57. The second-order valence-corrected chi connectivity index (χ2v) is 6.52. The Morgan fingerprint density at radius 1 is 1.10 bits per heavy atom. The first-order chi connectivity index (χ1) is 9.58. The highest BCUT2D eigenvalue weighted by Crippen LogP contribution is 2.25. The molecule has 1 nitrogen and oxygen atoms in total. The predicted molar refractivity (Wildman–Crippen MR) is 90.0 cm³/mol. The Morgan fingerprint density at radius 2 is 1.80 bits per heavy atom. The molecule has 2 rings (SSSR count). The summed E-state index contributed by atoms with van der Waals surface area (Å²) in [6.07, 6.45) is 0. The van der Waals surface area contributed by atoms with Crippen LogP contribution in [-0.2, 0) is 6.54 Å². The van der Waals surface area contributed by atoms with Crippen LogP contribution in [0, 0.1) is 5.92 Å². The Morgan fingerprint density at radius 3 is 2.40 bits per heavy atom. The molecule has 0 saturated carbocycles. The molecule has 0 amide bonds. The van der Waals surface area contributed by atoms with Crippen LogP contribution in [0.15, 0.2) is 53.0 Å². The first kappa shape index (κ1) is 15.6. The van der Waals surface area contributed by atoms with Gasteiger partial charge in [-0.2, -0.15) is 0 Å². The van der Waals surface area contributed by atoms with Gasteiger partial charge in [0, 0.05) is 17.1 Å². The van der Waals surface area contributed by atoms with Crippen molar-refractivity contribution < 1.29 is 0 Å². The van der Waals surface area contributed by atoms with Crippen LogP contribution in [0.1, 0.15) is 31.0 Å². The molecular formula is C17H19BrClN. The van der Waals surface area contributed by atoms with Gasteiger partial charge in [0.15, 0.2) is 0 Å². The van der Waals surface area contributed by atoms with Crippen molar-refractivity contribution >= 4 is 27.5 Å². The molecule has 0 aliphatic carbocycles. The fourth-order valence-corrected chi connectivity index (χ4v) is 2.73. The van der Waals surface area contributed by atoms with Crippen molar-refractivity contribution in [1.29, 1.82) is 0 Å². The van der Waals surface area contributed by atoms with Gasteiger partial charge in [-0.25, -0.2) is 0 Å². The van der Waals surface area contributed by atoms with Crippen LogP contribution >= 0.6 is 27.5 Å². The van der Waals surface area contributed by atoms with E-state index < -0.39 is 0 Å². The van der Waals surface area contributed by atoms with E-state index >= 15 is 0 Å². The zero-order valence-electron chi connectivity index (χ0n) is 11.7. The molecule has 0 aliphatic rings. The van der Waals surface area contributed by atoms with E-state index in [4.69, 9.17) is 11.6 Å². The summed E-state index contributed by atoms with van der Waals surface area (Å²) < 4.78 is 0.936. The predicted octanol–water partition coefficient (Wildman–Crippen LogP) is 5.59. The molecule has 1 atom stereocenters. The van der Waals surface area contributed by atoms with Gasteiger partial charge in [0.05, 0.1) is 5.02 Å². The molecule has 1 N–H and O–H groups in total. The highest BCUT2D eigenvalue weighted by Gasteiger charge is 2.14. The number of halogens is 2. The third kappa shape index (κ3) is 4.08. The first-order valence-electron chi connectivity index (χ1n) is 6.80. The zero-order valence-corrected chi connectivity index (χ0v) is 14.1. The summed E-state index contributed by atoms with van der Waals surface area (Å²) in [5, 5.41) is 4.38. The molecule has 0 saturated heterocycles. The second kappa shape index (κ2) is 7.26. The van der Waals surface area contributed by atoms with Gasteiger partial charge in [0.2, 0.25) is 0 Å². The van der Waals surface area contributed by atoms with Crippen molar-refractivity contribution in [3.05, 3.63) is 69.2 Å². The molecule has 106 valence electrons. The number of rotatable bonds is 5. The van der Waals surface area contributed by atoms with Gasteiger partial charge in [-0.3, -0.25) is 0 Å². The van der Waals surface area contributed by atoms with E-state index in [1.165, 1.54) is 11.1 Å². The molecule has 0 fully saturated rings. The van der Waals surface area contributed by atoms with Crippen LogP contribution < -0.4 is 5.32 Å². The van der Waals surface area contributed by atoms with Crippen molar-refractivity contribution in [2.75, 3.05) is 0 Å². The Labute approximate surface area is 134 Å². The normalized spacial score (nSPS) is 12.7. The molecule has 0 spiro atoms. The van der Waals surface area contributed by atoms with Gasteiger partial charge in [-0.1, -0.05) is 61.8 Å². The van der Waals surface area contributed by atoms with Gasteiger partial charge in [0.1, 0.15) is 0 Å². The van der Waals surface area contributed by atoms with Gasteiger partial charge in [-0.15, -0.1) is 0 Å². The molecule has 20 heavy (non-hydrogen) atoms. The average molecular weight is 353 g/mol. The van der Waals surface area contributed by atoms with Gasteiger partial charge in [0.25, 0.3) is 0 Å². The largest absolute Gasteiger partial charge is 0.306 e. The Balaban J connectivity index is 2.08. The van der Waals surface area contributed by atoms with Crippen molar-refractivity contribution in [3.63, 3.8) is 0 Å². The minimum absolute atomic E-state index is 0.346. The van der Waals surface area contributed by atoms with Crippen molar-refractivity contribution in [3.8, 4) is 0 Å². The molecule has 1 unspecified atom stereocenters. The monoisotopic (exact) mass is 351 g/mol. The maximum absolute atomic E-state index is 6.13. The molecular weight excluding hydrogens is 334 g/mol. The highest BCUT2D eigenvalue weighted by atomic mass is 79.9. The summed E-state index contributed by atoms with van der Waals surface area (Å²) in [5.74, 6) is 0.531. The maximum atomic E-state index is 6.13. The standard InChI is InChI=1S/C17H19BrClN/c1-12(2)17(14-6-4-3-5-7-14)20-11-13-8-9-15(18)16(19)10-13/h3-10,12,17,20H,11H2,1-2H3. The number of benzene rings is 2. The third-order valence-electron chi connectivity index (χ3n) is 3.34. The molecule has 0 bridgehead atoms. The van der Waals surface area contributed by atoms with Crippen LogP contribution in [-0.4, -0.2) is 0 Å². The molecule has 0 heterocycles. The summed E-state index contributed by atoms with van der Waals surface area (Å²) in [6, 6.07) is 17.0. The fourth-order valence-electron chi connectivity index (χ4n) is 2.28. The molecule has 0 aliphatic heterocycles. The lowest BCUT2D eigenvalue weighted by Gasteiger charge is -2.23. The molecule has 2 aromatic rings. The number of nitrogens with one attached hydrogen (secondary N) is 1. The SMILES string of the molecule is CC(C)C(NCc1ccc(Br)c(Cl)c1)c1ccccc1. The Kier molecular flexibility index (Phi) is 5.64. The summed E-state index contributed by atoms with van der Waals surface area (Å²) in [4.78, 5) is 0. The lowest BCUT2D eigenvalue weighted by molar-refractivity contribution is 0.410. The lowest BCUT2D eigenvalue weighted by atomic mass is 9.96. The fraction of sp³-hybridized carbons (Fsp3) is 0.294. The zero-order chi connectivity index (χ0) is 14.5. The van der Waals surface area contributed by atoms with Crippen LogP contribution in [0.25, 0.3) is 0 Å². The van der Waals surface area contributed by atoms with Crippen molar-refractivity contribution in [2.45, 2.75) is 26.4 Å². The molecule has 0 aromatic heterocycles. The van der Waals surface area contributed by atoms with Gasteiger partial charge >= 0.3 is 0 Å². The first-order valence-corrected chi connectivity index (χ1v) is 7.97. The van der Waals surface area contributed by atoms with E-state index in [9.17, 15) is 0 Å². The Hall–Kier alpha value is -0.830. The van der Waals surface area contributed by atoms with E-state index in [1.807, 2.05) is 12.1 Å². The average Bonchev–Trinajstić information content (AvgIpc) is 2.44. The minimum Gasteiger partial charge on any atom is -0.306 e. The van der Waals surface area contributed by atoms with Crippen LogP contribution in [0.2, 0.25) is 5.02 Å². The van der Waals surface area contributed by atoms with Gasteiger partial charge in [-0.05, 0) is 45.1 Å². The van der Waals surface area contributed by atoms with E-state index in [-0.39, 0.29) is 0 Å². The summed E-state index contributed by atoms with van der Waals surface area (Å²) in [7, 11) is 0. The molecule has 2 aromatic carbocycles. The lowest BCUT2D eigenvalue weighted by Crippen LogP contribution is -2.25. The number of hydrogen-bond donors (Lipinski definition) is 1. The minimum atomic E-state index is 0.346. The van der Waals surface area contributed by atoms with Crippen LogP contribution in [0.3, 0.4) is 0 Å². The van der Waals surface area contributed by atoms with Crippen LogP contribution in [0.5, 0.6) is 0 Å². The summed E-state index contributed by atoms with van der Waals surface area (Å²) >= 11 is 9.55. The van der Waals surface area contributed by atoms with E-state index in [1.54, 1.807) is 0 Å². The summed E-state index contributed by atoms with van der Waals surface area (Å²) in [5.41, 5.74) is 2.52. The van der Waals surface area contributed by atoms with Crippen molar-refractivity contribution in [1.82, 2.24) is 5.32 Å². The topological polar surface area (TPSA) is 12.0 Å². The highest BCUT2D eigenvalue weighted by molar-refractivity contribution is 9.10. The second-order valence-electron chi connectivity index (χ2n) is 5.26. The summed E-state index contributed by atoms with van der Waals surface area (Å²) in [6.45, 7) is 5.28. The molecule has 3 heteroatoms.